The molecule has 0 bridgehead atoms. The Labute approximate surface area is 161 Å². The highest BCUT2D eigenvalue weighted by Gasteiger charge is 2.42. The lowest BCUT2D eigenvalue weighted by Crippen LogP contribution is -2.50. The Bertz CT molecular complexity index is 925. The van der Waals surface area contributed by atoms with Gasteiger partial charge in [0.2, 0.25) is 0 Å². The van der Waals surface area contributed by atoms with Crippen molar-refractivity contribution < 1.29 is 18.7 Å². The Morgan fingerprint density at radius 2 is 2.00 bits per heavy atom. The van der Waals surface area contributed by atoms with Gasteiger partial charge in [-0.3, -0.25) is 10.1 Å². The Kier molecular flexibility index (Phi) is 4.62. The van der Waals surface area contributed by atoms with Crippen LogP contribution in [0.1, 0.15) is 28.8 Å². The second kappa shape index (κ2) is 7.10. The number of amides is 3. The van der Waals surface area contributed by atoms with E-state index in [2.05, 4.69) is 15.6 Å². The molecule has 146 valence electrons. The van der Waals surface area contributed by atoms with Crippen molar-refractivity contribution in [3.63, 3.8) is 0 Å². The van der Waals surface area contributed by atoms with Gasteiger partial charge in [0.05, 0.1) is 0 Å². The number of carbonyl (C=O) groups excluding carboxylic acids is 2. The monoisotopic (exact) mass is 384 g/mol. The van der Waals surface area contributed by atoms with Gasteiger partial charge in [0.15, 0.2) is 0 Å². The summed E-state index contributed by atoms with van der Waals surface area (Å²) in [6, 6.07) is 7.49. The SMILES string of the molecule is CNC(=O)c1ccnc(NC(=O)N2CCC3(CC2)Cc2ccc(F)cc2O3)c1. The number of carbonyl (C=O) groups is 2. The molecule has 2 aliphatic heterocycles. The van der Waals surface area contributed by atoms with Gasteiger partial charge in [-0.25, -0.2) is 14.2 Å². The largest absolute Gasteiger partial charge is 0.486 e. The third-order valence-corrected chi connectivity index (χ3v) is 5.31. The number of rotatable bonds is 2. The van der Waals surface area contributed by atoms with Gasteiger partial charge in [-0.2, -0.15) is 0 Å². The lowest BCUT2D eigenvalue weighted by Gasteiger charge is -2.38. The molecule has 2 aliphatic rings. The van der Waals surface area contributed by atoms with E-state index < -0.39 is 0 Å². The van der Waals surface area contributed by atoms with Crippen LogP contribution >= 0.6 is 0 Å². The van der Waals surface area contributed by atoms with Crippen molar-refractivity contribution in [2.45, 2.75) is 24.9 Å². The Morgan fingerprint density at radius 3 is 2.75 bits per heavy atom. The standard InChI is InChI=1S/C20H21FN4O3/c1-22-18(26)13-4-7-23-17(10-13)24-19(27)25-8-5-20(6-9-25)12-14-2-3-15(21)11-16(14)28-20/h2-4,7,10-11H,5-6,8-9,12H2,1H3,(H,22,26)(H,23,24,27). The van der Waals surface area contributed by atoms with Gasteiger partial charge in [-0.05, 0) is 23.8 Å². The number of urea groups is 1. The quantitative estimate of drug-likeness (QED) is 0.834. The number of likely N-dealkylation sites (tertiary alicyclic amines) is 1. The van der Waals surface area contributed by atoms with E-state index in [0.717, 1.165) is 12.0 Å². The molecule has 1 aromatic carbocycles. The summed E-state index contributed by atoms with van der Waals surface area (Å²) in [7, 11) is 1.54. The van der Waals surface area contributed by atoms with Crippen molar-refractivity contribution >= 4 is 17.8 Å². The summed E-state index contributed by atoms with van der Waals surface area (Å²) in [4.78, 5) is 30.1. The molecule has 1 aromatic heterocycles. The van der Waals surface area contributed by atoms with E-state index in [0.29, 0.717) is 43.1 Å². The number of ether oxygens (including phenoxy) is 1. The number of fused-ring (bicyclic) bond motifs is 1. The van der Waals surface area contributed by atoms with Gasteiger partial charge in [0.1, 0.15) is 23.0 Å². The van der Waals surface area contributed by atoms with Crippen molar-refractivity contribution in [2.75, 3.05) is 25.5 Å². The molecule has 1 spiro atoms. The fraction of sp³-hybridized carbons (Fsp3) is 0.350. The summed E-state index contributed by atoms with van der Waals surface area (Å²) in [6.45, 7) is 1.05. The zero-order valence-electron chi connectivity index (χ0n) is 15.5. The van der Waals surface area contributed by atoms with Gasteiger partial charge in [0, 0.05) is 57.2 Å². The van der Waals surface area contributed by atoms with Crippen molar-refractivity contribution in [3.05, 3.63) is 53.5 Å². The maximum absolute atomic E-state index is 13.4. The van der Waals surface area contributed by atoms with E-state index in [1.807, 2.05) is 0 Å². The first-order valence-electron chi connectivity index (χ1n) is 9.19. The molecule has 0 atom stereocenters. The van der Waals surface area contributed by atoms with Crippen LogP contribution in [0.15, 0.2) is 36.5 Å². The highest BCUT2D eigenvalue weighted by atomic mass is 19.1. The predicted octanol–water partition coefficient (Wildman–Crippen LogP) is 2.58. The molecule has 7 nitrogen and oxygen atoms in total. The van der Waals surface area contributed by atoms with Crippen LogP contribution in [0.5, 0.6) is 5.75 Å². The number of hydrogen-bond acceptors (Lipinski definition) is 4. The van der Waals surface area contributed by atoms with Crippen LogP contribution < -0.4 is 15.4 Å². The van der Waals surface area contributed by atoms with Crippen LogP contribution in [-0.4, -0.2) is 47.6 Å². The number of anilines is 1. The normalized spacial score (nSPS) is 17.0. The van der Waals surface area contributed by atoms with Crippen molar-refractivity contribution in [1.29, 1.82) is 0 Å². The number of benzene rings is 1. The van der Waals surface area contributed by atoms with Gasteiger partial charge < -0.3 is 15.0 Å². The molecule has 3 heterocycles. The maximum atomic E-state index is 13.4. The van der Waals surface area contributed by atoms with Gasteiger partial charge in [-0.15, -0.1) is 0 Å². The number of nitrogens with zero attached hydrogens (tertiary/aromatic N) is 2. The summed E-state index contributed by atoms with van der Waals surface area (Å²) in [6.07, 6.45) is 3.55. The lowest BCUT2D eigenvalue weighted by molar-refractivity contribution is 0.0318. The van der Waals surface area contributed by atoms with Crippen LogP contribution in [-0.2, 0) is 6.42 Å². The second-order valence-corrected chi connectivity index (χ2v) is 7.14. The third kappa shape index (κ3) is 3.49. The number of aromatic nitrogens is 1. The second-order valence-electron chi connectivity index (χ2n) is 7.14. The third-order valence-electron chi connectivity index (χ3n) is 5.31. The van der Waals surface area contributed by atoms with Crippen LogP contribution in [0.25, 0.3) is 0 Å². The summed E-state index contributed by atoms with van der Waals surface area (Å²) in [5.74, 6) is 0.380. The Hall–Kier alpha value is -3.16. The molecule has 8 heteroatoms. The van der Waals surface area contributed by atoms with Crippen LogP contribution in [0.3, 0.4) is 0 Å². The zero-order valence-corrected chi connectivity index (χ0v) is 15.5. The molecule has 2 N–H and O–H groups in total. The van der Waals surface area contributed by atoms with Crippen molar-refractivity contribution in [3.8, 4) is 5.75 Å². The molecule has 0 saturated carbocycles. The van der Waals surface area contributed by atoms with E-state index >= 15 is 0 Å². The van der Waals surface area contributed by atoms with Crippen molar-refractivity contribution in [1.82, 2.24) is 15.2 Å². The van der Waals surface area contributed by atoms with Crippen LogP contribution in [0.4, 0.5) is 15.0 Å². The van der Waals surface area contributed by atoms with Gasteiger partial charge >= 0.3 is 6.03 Å². The number of nitrogens with one attached hydrogen (secondary N) is 2. The first-order chi connectivity index (χ1) is 13.5. The number of pyridine rings is 1. The Balaban J connectivity index is 1.37. The lowest BCUT2D eigenvalue weighted by atomic mass is 9.87. The van der Waals surface area contributed by atoms with E-state index in [9.17, 15) is 14.0 Å². The topological polar surface area (TPSA) is 83.6 Å². The van der Waals surface area contributed by atoms with E-state index in [-0.39, 0.29) is 23.4 Å². The average molecular weight is 384 g/mol. The summed E-state index contributed by atoms with van der Waals surface area (Å²) in [5.41, 5.74) is 1.06. The minimum absolute atomic E-state index is 0.243. The van der Waals surface area contributed by atoms with E-state index in [1.54, 1.807) is 24.1 Å². The molecular formula is C20H21FN4O3. The van der Waals surface area contributed by atoms with Gasteiger partial charge in [0.25, 0.3) is 5.91 Å². The maximum Gasteiger partial charge on any atom is 0.323 e. The highest BCUT2D eigenvalue weighted by molar-refractivity contribution is 5.96. The van der Waals surface area contributed by atoms with Crippen LogP contribution in [0.2, 0.25) is 0 Å². The summed E-state index contributed by atoms with van der Waals surface area (Å²) in [5, 5.41) is 5.28. The number of hydrogen-bond donors (Lipinski definition) is 2. The highest BCUT2D eigenvalue weighted by Crippen LogP contribution is 2.41. The number of piperidine rings is 1. The summed E-state index contributed by atoms with van der Waals surface area (Å²) >= 11 is 0. The van der Waals surface area contributed by atoms with Gasteiger partial charge in [-0.1, -0.05) is 6.07 Å². The minimum Gasteiger partial charge on any atom is -0.486 e. The molecule has 0 radical (unpaired) electrons. The minimum atomic E-state index is -0.371. The summed E-state index contributed by atoms with van der Waals surface area (Å²) < 4.78 is 19.5. The molecule has 3 amide bonds. The Morgan fingerprint density at radius 1 is 1.21 bits per heavy atom. The van der Waals surface area contributed by atoms with Crippen molar-refractivity contribution in [2.24, 2.45) is 0 Å². The smallest absolute Gasteiger partial charge is 0.323 e. The van der Waals surface area contributed by atoms with E-state index in [1.165, 1.54) is 24.4 Å². The zero-order chi connectivity index (χ0) is 19.7. The molecule has 0 unspecified atom stereocenters. The molecular weight excluding hydrogens is 363 g/mol. The molecule has 28 heavy (non-hydrogen) atoms. The molecule has 1 saturated heterocycles. The fourth-order valence-electron chi connectivity index (χ4n) is 3.76. The average Bonchev–Trinajstić information content (AvgIpc) is 3.04. The molecule has 1 fully saturated rings. The molecule has 4 rings (SSSR count). The van der Waals surface area contributed by atoms with E-state index in [4.69, 9.17) is 4.74 Å². The molecule has 2 aromatic rings. The number of halogens is 1. The van der Waals surface area contributed by atoms with Crippen LogP contribution in [0, 0.1) is 5.82 Å². The molecule has 0 aliphatic carbocycles. The first-order valence-corrected chi connectivity index (χ1v) is 9.19. The first kappa shape index (κ1) is 18.2. The fourth-order valence-corrected chi connectivity index (χ4v) is 3.76. The predicted molar refractivity (Wildman–Crippen MR) is 101 cm³/mol.